The number of amides is 4. The van der Waals surface area contributed by atoms with Crippen molar-refractivity contribution in [2.45, 2.75) is 71.3 Å². The molecule has 0 aliphatic heterocycles. The van der Waals surface area contributed by atoms with Gasteiger partial charge in [0.05, 0.1) is 6.42 Å². The van der Waals surface area contributed by atoms with E-state index in [0.29, 0.717) is 58.2 Å². The molecule has 0 unspecified atom stereocenters. The number of carbonyl (C=O) groups is 4. The van der Waals surface area contributed by atoms with Gasteiger partial charge in [-0.25, -0.2) is 0 Å². The molecule has 4 amide bonds. The molecule has 180 valence electrons. The van der Waals surface area contributed by atoms with Gasteiger partial charge in [-0.3, -0.25) is 19.2 Å². The van der Waals surface area contributed by atoms with Gasteiger partial charge >= 0.3 is 0 Å². The summed E-state index contributed by atoms with van der Waals surface area (Å²) in [5.41, 5.74) is 6.82. The molecular formula is C21H37N7O4. The SMILES string of the molecule is C#CCC(=O)NC(CCCNC(C)=O)(CCCNC(C)=O)CCCNC(C)=O.CN=[N+]=[N-]. The fourth-order valence-electron chi connectivity index (χ4n) is 3.07. The van der Waals surface area contributed by atoms with Crippen LogP contribution in [-0.4, -0.2) is 55.8 Å². The lowest BCUT2D eigenvalue weighted by molar-refractivity contribution is -0.123. The Morgan fingerprint density at radius 1 is 0.875 bits per heavy atom. The number of hydrogen-bond acceptors (Lipinski definition) is 5. The highest BCUT2D eigenvalue weighted by atomic mass is 16.2. The second-order valence-corrected chi connectivity index (χ2v) is 7.26. The van der Waals surface area contributed by atoms with E-state index >= 15 is 0 Å². The second-order valence-electron chi connectivity index (χ2n) is 7.26. The first-order chi connectivity index (χ1) is 15.1. The molecule has 0 aromatic heterocycles. The molecule has 32 heavy (non-hydrogen) atoms. The van der Waals surface area contributed by atoms with Crippen LogP contribution in [-0.2, 0) is 19.2 Å². The quantitative estimate of drug-likeness (QED) is 0.103. The lowest BCUT2D eigenvalue weighted by Crippen LogP contribution is -2.49. The first-order valence-electron chi connectivity index (χ1n) is 10.5. The van der Waals surface area contributed by atoms with E-state index in [1.165, 1.54) is 27.8 Å². The van der Waals surface area contributed by atoms with E-state index in [1.807, 2.05) is 0 Å². The van der Waals surface area contributed by atoms with E-state index in [4.69, 9.17) is 12.0 Å². The summed E-state index contributed by atoms with van der Waals surface area (Å²) in [4.78, 5) is 47.9. The minimum absolute atomic E-state index is 0.00909. The highest BCUT2D eigenvalue weighted by Crippen LogP contribution is 2.25. The smallest absolute Gasteiger partial charge is 0.232 e. The third-order valence-electron chi connectivity index (χ3n) is 4.37. The van der Waals surface area contributed by atoms with Crippen LogP contribution in [0.4, 0.5) is 0 Å². The molecule has 0 fully saturated rings. The third kappa shape index (κ3) is 20.0. The fraction of sp³-hybridized carbons (Fsp3) is 0.714. The predicted octanol–water partition coefficient (Wildman–Crippen LogP) is 1.54. The van der Waals surface area contributed by atoms with Gasteiger partial charge in [0.15, 0.2) is 0 Å². The maximum absolute atomic E-state index is 12.2. The molecule has 0 aliphatic rings. The summed E-state index contributed by atoms with van der Waals surface area (Å²) in [6.07, 6.45) is 9.29. The summed E-state index contributed by atoms with van der Waals surface area (Å²) in [6.45, 7) is 5.92. The standard InChI is InChI=1S/C20H34N4O4.CH3N3/c1-5-9-19(28)24-20(10-6-13-21-16(2)25,11-7-14-22-17(3)26)12-8-15-23-18(4)27;1-3-4-2/h1H,6-15H2,2-4H3,(H,21,25)(H,22,26)(H,23,27)(H,24,28);1H3. The first kappa shape index (κ1) is 30.9. The fourth-order valence-corrected chi connectivity index (χ4v) is 3.07. The van der Waals surface area contributed by atoms with Crippen LogP contribution in [0.1, 0.15) is 65.7 Å². The van der Waals surface area contributed by atoms with E-state index < -0.39 is 5.54 Å². The molecule has 4 N–H and O–H groups in total. The maximum atomic E-state index is 12.2. The Labute approximate surface area is 190 Å². The molecule has 0 heterocycles. The average molecular weight is 452 g/mol. The van der Waals surface area contributed by atoms with Crippen LogP contribution >= 0.6 is 0 Å². The normalized spacial score (nSPS) is 9.72. The molecule has 0 rings (SSSR count). The van der Waals surface area contributed by atoms with Crippen molar-refractivity contribution < 1.29 is 19.2 Å². The number of hydrogen-bond donors (Lipinski definition) is 4. The van der Waals surface area contributed by atoms with Crippen molar-refractivity contribution in [2.24, 2.45) is 5.11 Å². The van der Waals surface area contributed by atoms with Crippen molar-refractivity contribution in [1.29, 1.82) is 0 Å². The maximum Gasteiger partial charge on any atom is 0.232 e. The minimum atomic E-state index is -0.511. The molecule has 0 aliphatic carbocycles. The molecule has 0 aromatic rings. The molecule has 0 atom stereocenters. The molecule has 0 spiro atoms. The third-order valence-corrected chi connectivity index (χ3v) is 4.37. The summed E-state index contributed by atoms with van der Waals surface area (Å²) < 4.78 is 0. The topological polar surface area (TPSA) is 165 Å². The van der Waals surface area contributed by atoms with Gasteiger partial charge in [-0.15, -0.1) is 6.42 Å². The minimum Gasteiger partial charge on any atom is -0.356 e. The second kappa shape index (κ2) is 19.7. The summed E-state index contributed by atoms with van der Waals surface area (Å²) in [6, 6.07) is 0. The predicted molar refractivity (Wildman–Crippen MR) is 123 cm³/mol. The van der Waals surface area contributed by atoms with Crippen LogP contribution in [0.3, 0.4) is 0 Å². The van der Waals surface area contributed by atoms with E-state index in [0.717, 1.165) is 0 Å². The van der Waals surface area contributed by atoms with E-state index in [1.54, 1.807) is 0 Å². The molecule has 0 aromatic carbocycles. The number of rotatable bonds is 14. The number of azide groups is 1. The van der Waals surface area contributed by atoms with Gasteiger partial charge in [0.1, 0.15) is 0 Å². The van der Waals surface area contributed by atoms with Gasteiger partial charge in [0, 0.05) is 57.9 Å². The molecule has 11 nitrogen and oxygen atoms in total. The average Bonchev–Trinajstić information content (AvgIpc) is 2.72. The van der Waals surface area contributed by atoms with Gasteiger partial charge in [-0.2, -0.15) is 0 Å². The zero-order valence-electron chi connectivity index (χ0n) is 19.6. The van der Waals surface area contributed by atoms with Crippen LogP contribution in [0, 0.1) is 12.3 Å². The van der Waals surface area contributed by atoms with Crippen molar-refractivity contribution in [1.82, 2.24) is 21.3 Å². The Hall–Kier alpha value is -3.25. The van der Waals surface area contributed by atoms with Crippen molar-refractivity contribution in [3.8, 4) is 12.3 Å². The van der Waals surface area contributed by atoms with E-state index in [2.05, 4.69) is 37.2 Å². The number of terminal acetylenes is 1. The van der Waals surface area contributed by atoms with E-state index in [9.17, 15) is 19.2 Å². The molecule has 0 saturated heterocycles. The molecule has 0 bridgehead atoms. The number of nitrogens with one attached hydrogen (secondary N) is 4. The van der Waals surface area contributed by atoms with Crippen molar-refractivity contribution in [3.05, 3.63) is 10.4 Å². The Morgan fingerprint density at radius 2 is 1.22 bits per heavy atom. The summed E-state index contributed by atoms with van der Waals surface area (Å²) >= 11 is 0. The number of nitrogens with zero attached hydrogens (tertiary/aromatic N) is 3. The zero-order chi connectivity index (χ0) is 24.8. The van der Waals surface area contributed by atoms with Gasteiger partial charge in [0.25, 0.3) is 0 Å². The van der Waals surface area contributed by atoms with Gasteiger partial charge < -0.3 is 21.3 Å². The lowest BCUT2D eigenvalue weighted by Gasteiger charge is -2.35. The van der Waals surface area contributed by atoms with Gasteiger partial charge in [-0.1, -0.05) is 11.0 Å². The van der Waals surface area contributed by atoms with Crippen molar-refractivity contribution in [2.75, 3.05) is 26.7 Å². The molecule has 0 radical (unpaired) electrons. The van der Waals surface area contributed by atoms with Gasteiger partial charge in [0.2, 0.25) is 23.6 Å². The first-order valence-corrected chi connectivity index (χ1v) is 10.5. The van der Waals surface area contributed by atoms with Crippen molar-refractivity contribution >= 4 is 23.6 Å². The Bertz CT molecular complexity index is 627. The summed E-state index contributed by atoms with van der Waals surface area (Å²) in [7, 11) is 1.39. The monoisotopic (exact) mass is 451 g/mol. The molecule has 11 heteroatoms. The molecule has 0 saturated carbocycles. The lowest BCUT2D eigenvalue weighted by atomic mass is 9.83. The van der Waals surface area contributed by atoms with Crippen LogP contribution in [0.15, 0.2) is 5.11 Å². The highest BCUT2D eigenvalue weighted by Gasteiger charge is 2.30. The van der Waals surface area contributed by atoms with Gasteiger partial charge in [-0.05, 0) is 44.1 Å². The molecular weight excluding hydrogens is 414 g/mol. The zero-order valence-corrected chi connectivity index (χ0v) is 19.6. The van der Waals surface area contributed by atoms with Crippen LogP contribution in [0.2, 0.25) is 0 Å². The van der Waals surface area contributed by atoms with Crippen LogP contribution < -0.4 is 21.3 Å². The Kier molecular flexibility index (Phi) is 19.0. The highest BCUT2D eigenvalue weighted by molar-refractivity contribution is 5.79. The van der Waals surface area contributed by atoms with Crippen molar-refractivity contribution in [3.63, 3.8) is 0 Å². The summed E-state index contributed by atoms with van der Waals surface area (Å²) in [5, 5.41) is 14.3. The Morgan fingerprint density at radius 3 is 1.47 bits per heavy atom. The van der Waals surface area contributed by atoms with Crippen LogP contribution in [0.25, 0.3) is 10.4 Å². The van der Waals surface area contributed by atoms with E-state index in [-0.39, 0.29) is 30.0 Å². The summed E-state index contributed by atoms with van der Waals surface area (Å²) in [5.74, 6) is 1.84. The Balaban J connectivity index is 0. The number of carbonyl (C=O) groups excluding carboxylic acids is 4. The van der Waals surface area contributed by atoms with Crippen LogP contribution in [0.5, 0.6) is 0 Å². The largest absolute Gasteiger partial charge is 0.356 e.